The monoisotopic (exact) mass is 624 g/mol. The molecule has 12 heteroatoms. The van der Waals surface area contributed by atoms with Gasteiger partial charge in [0.1, 0.15) is 17.9 Å². The van der Waals surface area contributed by atoms with Crippen LogP contribution in [-0.2, 0) is 9.59 Å². The molecule has 10 nitrogen and oxygen atoms in total. The van der Waals surface area contributed by atoms with Crippen molar-refractivity contribution in [3.63, 3.8) is 0 Å². The van der Waals surface area contributed by atoms with E-state index in [2.05, 4.69) is 41.1 Å². The molecule has 6 rings (SSSR count). The lowest BCUT2D eigenvalue weighted by molar-refractivity contribution is -0.119. The molecule has 1 unspecified atom stereocenters. The number of pyridine rings is 1. The van der Waals surface area contributed by atoms with Crippen LogP contribution in [0, 0.1) is 17.7 Å². The van der Waals surface area contributed by atoms with E-state index >= 15 is 0 Å². The van der Waals surface area contributed by atoms with Gasteiger partial charge in [0.25, 0.3) is 5.91 Å². The molecule has 0 saturated carbocycles. The molecule has 3 atom stereocenters. The Balaban J connectivity index is 1.28. The van der Waals surface area contributed by atoms with Gasteiger partial charge in [-0.2, -0.15) is 5.10 Å². The topological polar surface area (TPSA) is 134 Å². The van der Waals surface area contributed by atoms with Crippen molar-refractivity contribution in [3.05, 3.63) is 95.4 Å². The van der Waals surface area contributed by atoms with Crippen LogP contribution in [0.5, 0.6) is 0 Å². The van der Waals surface area contributed by atoms with Crippen LogP contribution in [0.25, 0.3) is 11.1 Å². The van der Waals surface area contributed by atoms with Gasteiger partial charge in [0.15, 0.2) is 5.82 Å². The van der Waals surface area contributed by atoms with E-state index in [1.807, 2.05) is 37.3 Å². The van der Waals surface area contributed by atoms with E-state index < -0.39 is 23.7 Å². The number of carbonyl (C=O) groups is 2. The number of rotatable bonds is 5. The van der Waals surface area contributed by atoms with Crippen LogP contribution in [-0.4, -0.2) is 38.2 Å². The maximum Gasteiger partial charge on any atom is 0.268 e. The first kappa shape index (κ1) is 30.0. The fourth-order valence-electron chi connectivity index (χ4n) is 5.48. The molecule has 4 aromatic rings. The highest BCUT2D eigenvalue weighted by Crippen LogP contribution is 2.34. The van der Waals surface area contributed by atoms with Gasteiger partial charge in [-0.3, -0.25) is 14.6 Å². The van der Waals surface area contributed by atoms with Crippen molar-refractivity contribution in [1.29, 1.82) is 0 Å². The van der Waals surface area contributed by atoms with Crippen LogP contribution in [0.1, 0.15) is 50.4 Å². The quantitative estimate of drug-likeness (QED) is 0.233. The molecule has 0 fully saturated rings. The van der Waals surface area contributed by atoms with Crippen molar-refractivity contribution in [2.24, 2.45) is 22.0 Å². The summed E-state index contributed by atoms with van der Waals surface area (Å²) in [6.07, 6.45) is 6.60. The molecule has 2 bridgehead atoms. The second-order valence-corrected chi connectivity index (χ2v) is 11.5. The van der Waals surface area contributed by atoms with Crippen LogP contribution in [0.2, 0.25) is 5.02 Å². The summed E-state index contributed by atoms with van der Waals surface area (Å²) in [5, 5.41) is 17.7. The zero-order chi connectivity index (χ0) is 31.5. The molecule has 228 valence electrons. The standard InChI is InChI=1S/C33H30ClFN8O2/c1-18-5-3-8-25(40-33(45)31-19(2)30(42-43-31)23-6-4-7-24(34)29(23)35)27-15-20(11-14-37-27)22-10-9-21(16-26(22)41-32(18)44)39-28-12-13-36-17-38-28/h4,6-7,9-19,25H,3,5,8H2,1-2H3,(H,40,45)(H,41,44)(H,36,38,39)/t18-,19?,25+/m1/s1. The lowest BCUT2D eigenvalue weighted by Gasteiger charge is -2.23. The molecule has 2 amide bonds. The van der Waals surface area contributed by atoms with Crippen LogP contribution < -0.4 is 16.0 Å². The molecule has 0 aliphatic carbocycles. The smallest absolute Gasteiger partial charge is 0.268 e. The number of anilines is 3. The molecule has 4 heterocycles. The Bertz CT molecular complexity index is 1830. The number of nitrogens with zero attached hydrogens (tertiary/aromatic N) is 5. The Morgan fingerprint density at radius 2 is 1.87 bits per heavy atom. The summed E-state index contributed by atoms with van der Waals surface area (Å²) in [6.45, 7) is 3.65. The van der Waals surface area contributed by atoms with Crippen LogP contribution >= 0.6 is 11.6 Å². The highest BCUT2D eigenvalue weighted by atomic mass is 35.5. The fraction of sp³-hybridized carbons (Fsp3) is 0.242. The van der Waals surface area contributed by atoms with E-state index in [0.29, 0.717) is 42.2 Å². The number of aromatic nitrogens is 3. The SMILES string of the molecule is CC1C(C(=O)N[C@H]2CCC[C@@H](C)C(=O)Nc3cc(Nc4ccncn4)ccc3-c3ccnc2c3)=NN=C1c1cccc(Cl)c1F. The van der Waals surface area contributed by atoms with Crippen molar-refractivity contribution in [3.8, 4) is 11.1 Å². The summed E-state index contributed by atoms with van der Waals surface area (Å²) < 4.78 is 14.7. The Kier molecular flexibility index (Phi) is 8.61. The largest absolute Gasteiger partial charge is 0.343 e. The van der Waals surface area contributed by atoms with E-state index in [-0.39, 0.29) is 28.1 Å². The minimum atomic E-state index is -0.600. The molecule has 2 aliphatic rings. The first-order valence-corrected chi connectivity index (χ1v) is 15.0. The molecular formula is C33H30ClFN8O2. The van der Waals surface area contributed by atoms with Crippen molar-refractivity contribution in [1.82, 2.24) is 20.3 Å². The van der Waals surface area contributed by atoms with Gasteiger partial charge in [0.05, 0.1) is 34.1 Å². The van der Waals surface area contributed by atoms with Gasteiger partial charge in [0, 0.05) is 35.1 Å². The fourth-order valence-corrected chi connectivity index (χ4v) is 5.65. The van der Waals surface area contributed by atoms with Gasteiger partial charge < -0.3 is 16.0 Å². The second kappa shape index (κ2) is 12.9. The van der Waals surface area contributed by atoms with Gasteiger partial charge in [-0.1, -0.05) is 44.0 Å². The number of nitrogens with one attached hydrogen (secondary N) is 3. The van der Waals surface area contributed by atoms with E-state index in [1.165, 1.54) is 12.4 Å². The molecule has 0 saturated heterocycles. The molecule has 3 N–H and O–H groups in total. The number of hydrogen-bond donors (Lipinski definition) is 3. The Hall–Kier alpha value is -5.03. The summed E-state index contributed by atoms with van der Waals surface area (Å²) in [5.41, 5.74) is 4.40. The van der Waals surface area contributed by atoms with E-state index in [0.717, 1.165) is 16.8 Å². The van der Waals surface area contributed by atoms with Gasteiger partial charge in [-0.15, -0.1) is 5.10 Å². The Labute approximate surface area is 264 Å². The summed E-state index contributed by atoms with van der Waals surface area (Å²) >= 11 is 5.98. The van der Waals surface area contributed by atoms with Crippen molar-refractivity contribution in [2.75, 3.05) is 10.6 Å². The zero-order valence-corrected chi connectivity index (χ0v) is 25.3. The van der Waals surface area contributed by atoms with Gasteiger partial charge in [-0.05, 0) is 60.9 Å². The second-order valence-electron chi connectivity index (χ2n) is 11.1. The number of carbonyl (C=O) groups excluding carboxylic acids is 2. The van der Waals surface area contributed by atoms with Crippen LogP contribution in [0.3, 0.4) is 0 Å². The summed E-state index contributed by atoms with van der Waals surface area (Å²) in [5.74, 6) is -1.32. The highest BCUT2D eigenvalue weighted by Gasteiger charge is 2.32. The number of fused-ring (bicyclic) bond motifs is 4. The van der Waals surface area contributed by atoms with Crippen LogP contribution in [0.15, 0.2) is 83.5 Å². The molecule has 45 heavy (non-hydrogen) atoms. The lowest BCUT2D eigenvalue weighted by Crippen LogP contribution is -2.38. The molecule has 2 aliphatic heterocycles. The predicted octanol–water partition coefficient (Wildman–Crippen LogP) is 6.49. The lowest BCUT2D eigenvalue weighted by atomic mass is 9.93. The predicted molar refractivity (Wildman–Crippen MR) is 172 cm³/mol. The minimum absolute atomic E-state index is 0.0257. The number of halogens is 2. The van der Waals surface area contributed by atoms with E-state index in [9.17, 15) is 14.0 Å². The molecule has 0 spiro atoms. The average molecular weight is 625 g/mol. The van der Waals surface area contributed by atoms with Gasteiger partial charge in [-0.25, -0.2) is 14.4 Å². The van der Waals surface area contributed by atoms with Crippen molar-refractivity contribution >= 4 is 52.0 Å². The number of benzene rings is 2. The number of amides is 2. The number of hydrogen-bond acceptors (Lipinski definition) is 8. The molecular weight excluding hydrogens is 595 g/mol. The molecule has 2 aromatic carbocycles. The highest BCUT2D eigenvalue weighted by molar-refractivity contribution is 6.45. The third-order valence-electron chi connectivity index (χ3n) is 8.01. The van der Waals surface area contributed by atoms with Gasteiger partial charge >= 0.3 is 0 Å². The maximum atomic E-state index is 14.7. The molecule has 0 radical (unpaired) electrons. The average Bonchev–Trinajstić information content (AvgIpc) is 3.43. The Morgan fingerprint density at radius 3 is 2.69 bits per heavy atom. The summed E-state index contributed by atoms with van der Waals surface area (Å²) in [7, 11) is 0. The Morgan fingerprint density at radius 1 is 1.00 bits per heavy atom. The van der Waals surface area contributed by atoms with E-state index in [1.54, 1.807) is 37.5 Å². The van der Waals surface area contributed by atoms with Crippen molar-refractivity contribution in [2.45, 2.75) is 39.2 Å². The first-order valence-electron chi connectivity index (χ1n) is 14.6. The summed E-state index contributed by atoms with van der Waals surface area (Å²) in [6, 6.07) is 15.4. The summed E-state index contributed by atoms with van der Waals surface area (Å²) in [4.78, 5) is 39.6. The first-order chi connectivity index (χ1) is 21.8. The normalized spacial score (nSPS) is 19.6. The third kappa shape index (κ3) is 6.44. The zero-order valence-electron chi connectivity index (χ0n) is 24.6. The van der Waals surface area contributed by atoms with Crippen molar-refractivity contribution < 1.29 is 14.0 Å². The van der Waals surface area contributed by atoms with E-state index in [4.69, 9.17) is 11.6 Å². The third-order valence-corrected chi connectivity index (χ3v) is 8.30. The minimum Gasteiger partial charge on any atom is -0.343 e. The maximum absolute atomic E-state index is 14.7. The van der Waals surface area contributed by atoms with Gasteiger partial charge in [0.2, 0.25) is 5.91 Å². The van der Waals surface area contributed by atoms with Crippen LogP contribution in [0.4, 0.5) is 21.6 Å². The molecule has 2 aromatic heterocycles.